The number of nitrogens with zero attached hydrogens (tertiary/aromatic N) is 1. The number of ketones is 1. The van der Waals surface area contributed by atoms with Crippen LogP contribution in [0, 0.1) is 0 Å². The van der Waals surface area contributed by atoms with E-state index < -0.39 is 11.7 Å². The Morgan fingerprint density at radius 2 is 2.11 bits per heavy atom. The Kier molecular flexibility index (Phi) is 4.80. The van der Waals surface area contributed by atoms with Gasteiger partial charge in [-0.2, -0.15) is 0 Å². The summed E-state index contributed by atoms with van der Waals surface area (Å²) in [4.78, 5) is 26.9. The molecule has 1 heterocycles. The number of anilines is 1. The van der Waals surface area contributed by atoms with E-state index in [1.54, 1.807) is 26.2 Å². The second-order valence-electron chi connectivity index (χ2n) is 4.52. The lowest BCUT2D eigenvalue weighted by molar-refractivity contribution is 0.0635. The first-order valence-electron chi connectivity index (χ1n) is 5.29. The van der Waals surface area contributed by atoms with E-state index in [1.165, 1.54) is 7.11 Å². The molecule has 1 N–H and O–H groups in total. The number of rotatable bonds is 4. The van der Waals surface area contributed by atoms with Gasteiger partial charge in [0.15, 0.2) is 5.13 Å². The maximum atomic E-state index is 11.5. The summed E-state index contributed by atoms with van der Waals surface area (Å²) < 4.78 is 9.78. The molecule has 0 aliphatic rings. The van der Waals surface area contributed by atoms with Crippen LogP contribution < -0.4 is 5.32 Å². The monoisotopic (exact) mass is 272 g/mol. The third-order valence-electron chi connectivity index (χ3n) is 1.67. The molecule has 0 fully saturated rings. The first-order chi connectivity index (χ1) is 8.31. The van der Waals surface area contributed by atoms with Crippen LogP contribution in [0.3, 0.4) is 0 Å². The van der Waals surface area contributed by atoms with Crippen molar-refractivity contribution < 1.29 is 19.1 Å². The number of carbonyl (C=O) groups excluding carboxylic acids is 2. The van der Waals surface area contributed by atoms with Crippen LogP contribution in [0.2, 0.25) is 0 Å². The third-order valence-corrected chi connectivity index (χ3v) is 2.43. The zero-order valence-corrected chi connectivity index (χ0v) is 11.6. The lowest BCUT2D eigenvalue weighted by atomic mass is 10.2. The predicted octanol–water partition coefficient (Wildman–Crippen LogP) is 2.32. The zero-order valence-electron chi connectivity index (χ0n) is 10.8. The van der Waals surface area contributed by atoms with Crippen molar-refractivity contribution in [2.45, 2.75) is 26.4 Å². The third kappa shape index (κ3) is 4.80. The highest BCUT2D eigenvalue weighted by molar-refractivity contribution is 7.14. The summed E-state index contributed by atoms with van der Waals surface area (Å²) in [5.41, 5.74) is -0.302. The molecule has 1 aromatic rings. The molecule has 0 aliphatic carbocycles. The Hall–Kier alpha value is -1.47. The van der Waals surface area contributed by atoms with Crippen molar-refractivity contribution in [2.75, 3.05) is 19.0 Å². The summed E-state index contributed by atoms with van der Waals surface area (Å²) in [7, 11) is 1.43. The number of methoxy groups -OCH3 is 1. The summed E-state index contributed by atoms with van der Waals surface area (Å²) >= 11 is 1.16. The maximum absolute atomic E-state index is 11.5. The molecular formula is C11H16N2O4S. The molecule has 1 amide bonds. The fraction of sp³-hybridized carbons (Fsp3) is 0.545. The van der Waals surface area contributed by atoms with Gasteiger partial charge in [0.1, 0.15) is 17.9 Å². The number of thiazole rings is 1. The van der Waals surface area contributed by atoms with Crippen LogP contribution in [0.5, 0.6) is 0 Å². The number of Topliss-reactive ketones (excluding diaryl/α,β-unsaturated/α-hetero) is 1. The van der Waals surface area contributed by atoms with Crippen LogP contribution in [0.15, 0.2) is 5.38 Å². The van der Waals surface area contributed by atoms with E-state index in [9.17, 15) is 9.59 Å². The van der Waals surface area contributed by atoms with Gasteiger partial charge in [-0.1, -0.05) is 0 Å². The van der Waals surface area contributed by atoms with Gasteiger partial charge in [0.2, 0.25) is 5.78 Å². The largest absolute Gasteiger partial charge is 0.444 e. The summed E-state index contributed by atoms with van der Waals surface area (Å²) in [6.45, 7) is 5.27. The highest BCUT2D eigenvalue weighted by Crippen LogP contribution is 2.17. The Labute approximate surface area is 109 Å². The van der Waals surface area contributed by atoms with Crippen LogP contribution in [0.4, 0.5) is 9.93 Å². The second-order valence-corrected chi connectivity index (χ2v) is 5.38. The van der Waals surface area contributed by atoms with Crippen LogP contribution in [0.1, 0.15) is 31.3 Å². The molecule has 0 radical (unpaired) electrons. The molecule has 0 unspecified atom stereocenters. The van der Waals surface area contributed by atoms with E-state index in [-0.39, 0.29) is 18.1 Å². The van der Waals surface area contributed by atoms with Crippen LogP contribution in [-0.4, -0.2) is 36.2 Å². The first kappa shape index (κ1) is 14.6. The van der Waals surface area contributed by atoms with Gasteiger partial charge >= 0.3 is 6.09 Å². The standard InChI is InChI=1S/C11H16N2O4S/c1-11(2,3)17-10(15)13-9-12-7(6-18-9)8(14)5-16-4/h6H,5H2,1-4H3,(H,12,13,15). The average molecular weight is 272 g/mol. The SMILES string of the molecule is COCC(=O)c1csc(NC(=O)OC(C)(C)C)n1. The van der Waals surface area contributed by atoms with E-state index in [0.29, 0.717) is 5.13 Å². The van der Waals surface area contributed by atoms with E-state index in [4.69, 9.17) is 9.47 Å². The molecule has 0 saturated heterocycles. The van der Waals surface area contributed by atoms with Crippen molar-refractivity contribution in [1.82, 2.24) is 4.98 Å². The van der Waals surface area contributed by atoms with Crippen LogP contribution in [-0.2, 0) is 9.47 Å². The fourth-order valence-corrected chi connectivity index (χ4v) is 1.76. The van der Waals surface area contributed by atoms with Crippen molar-refractivity contribution in [3.63, 3.8) is 0 Å². The topological polar surface area (TPSA) is 77.5 Å². The number of hydrogen-bond donors (Lipinski definition) is 1. The van der Waals surface area contributed by atoms with E-state index in [1.807, 2.05) is 0 Å². The summed E-state index contributed by atoms with van der Waals surface area (Å²) in [5.74, 6) is -0.231. The van der Waals surface area contributed by atoms with Crippen molar-refractivity contribution in [1.29, 1.82) is 0 Å². The Bertz CT molecular complexity index is 436. The van der Waals surface area contributed by atoms with E-state index in [0.717, 1.165) is 11.3 Å². The lowest BCUT2D eigenvalue weighted by Crippen LogP contribution is -2.27. The molecule has 0 bridgehead atoms. The van der Waals surface area contributed by atoms with Crippen molar-refractivity contribution in [3.05, 3.63) is 11.1 Å². The lowest BCUT2D eigenvalue weighted by Gasteiger charge is -2.18. The summed E-state index contributed by atoms with van der Waals surface area (Å²) in [6.07, 6.45) is -0.595. The fourth-order valence-electron chi connectivity index (χ4n) is 1.06. The minimum atomic E-state index is -0.595. The molecule has 6 nitrogen and oxygen atoms in total. The Morgan fingerprint density at radius 3 is 2.67 bits per heavy atom. The maximum Gasteiger partial charge on any atom is 0.413 e. The summed E-state index contributed by atoms with van der Waals surface area (Å²) in [6, 6.07) is 0. The number of carbonyl (C=O) groups is 2. The molecular weight excluding hydrogens is 256 g/mol. The highest BCUT2D eigenvalue weighted by Gasteiger charge is 2.18. The number of aromatic nitrogens is 1. The molecule has 1 rings (SSSR count). The van der Waals surface area contributed by atoms with Gasteiger partial charge in [-0.15, -0.1) is 11.3 Å². The normalized spacial score (nSPS) is 11.1. The van der Waals surface area contributed by atoms with Crippen molar-refractivity contribution in [3.8, 4) is 0 Å². The second kappa shape index (κ2) is 5.92. The van der Waals surface area contributed by atoms with Gasteiger partial charge in [0.25, 0.3) is 0 Å². The molecule has 0 aliphatic heterocycles. The zero-order chi connectivity index (χ0) is 13.8. The highest BCUT2D eigenvalue weighted by atomic mass is 32.1. The van der Waals surface area contributed by atoms with Gasteiger partial charge in [0, 0.05) is 12.5 Å². The number of nitrogens with one attached hydrogen (secondary N) is 1. The van der Waals surface area contributed by atoms with Gasteiger partial charge in [-0.05, 0) is 20.8 Å². The molecule has 0 aromatic carbocycles. The smallest absolute Gasteiger partial charge is 0.413 e. The number of hydrogen-bond acceptors (Lipinski definition) is 6. The minimum absolute atomic E-state index is 0.0321. The van der Waals surface area contributed by atoms with E-state index in [2.05, 4.69) is 10.3 Å². The molecule has 100 valence electrons. The molecule has 0 atom stereocenters. The molecule has 1 aromatic heterocycles. The Balaban J connectivity index is 2.59. The quantitative estimate of drug-likeness (QED) is 0.851. The van der Waals surface area contributed by atoms with Gasteiger partial charge < -0.3 is 9.47 Å². The van der Waals surface area contributed by atoms with Crippen LogP contribution in [0.25, 0.3) is 0 Å². The number of ether oxygens (including phenoxy) is 2. The number of amides is 1. The van der Waals surface area contributed by atoms with Gasteiger partial charge in [0.05, 0.1) is 0 Å². The predicted molar refractivity (Wildman–Crippen MR) is 68.2 cm³/mol. The minimum Gasteiger partial charge on any atom is -0.444 e. The molecule has 18 heavy (non-hydrogen) atoms. The molecule has 7 heteroatoms. The average Bonchev–Trinajstić information content (AvgIpc) is 2.63. The van der Waals surface area contributed by atoms with Gasteiger partial charge in [-0.25, -0.2) is 9.78 Å². The van der Waals surface area contributed by atoms with Crippen molar-refractivity contribution in [2.24, 2.45) is 0 Å². The van der Waals surface area contributed by atoms with E-state index >= 15 is 0 Å². The Morgan fingerprint density at radius 1 is 1.44 bits per heavy atom. The van der Waals surface area contributed by atoms with Crippen molar-refractivity contribution >= 4 is 28.3 Å². The summed E-state index contributed by atoms with van der Waals surface area (Å²) in [5, 5.41) is 4.36. The molecule has 0 spiro atoms. The van der Waals surface area contributed by atoms with Gasteiger partial charge in [-0.3, -0.25) is 10.1 Å². The van der Waals surface area contributed by atoms with Crippen LogP contribution >= 0.6 is 11.3 Å². The first-order valence-corrected chi connectivity index (χ1v) is 6.17. The molecule has 0 saturated carbocycles.